The van der Waals surface area contributed by atoms with Crippen LogP contribution in [0.2, 0.25) is 0 Å². The summed E-state index contributed by atoms with van der Waals surface area (Å²) in [6, 6.07) is 11.0. The molecule has 0 aliphatic heterocycles. The van der Waals surface area contributed by atoms with Crippen LogP contribution in [0.1, 0.15) is 12.5 Å². The van der Waals surface area contributed by atoms with Crippen LogP contribution in [-0.4, -0.2) is 45.2 Å². The summed E-state index contributed by atoms with van der Waals surface area (Å²) in [4.78, 5) is 23.3. The summed E-state index contributed by atoms with van der Waals surface area (Å²) < 4.78 is 31.5. The number of hydrogen-bond donors (Lipinski definition) is 2. The predicted octanol–water partition coefficient (Wildman–Crippen LogP) is 2.22. The average molecular weight is 405 g/mol. The Balaban J connectivity index is 2.04. The average Bonchev–Trinajstić information content (AvgIpc) is 2.62. The van der Waals surface area contributed by atoms with Crippen LogP contribution in [0.4, 0.5) is 11.4 Å². The third-order valence-corrected chi connectivity index (χ3v) is 5.73. The molecule has 2 rings (SSSR count). The van der Waals surface area contributed by atoms with Crippen LogP contribution in [0.5, 0.6) is 5.75 Å². The molecule has 9 heteroatoms. The Morgan fingerprint density at radius 2 is 1.61 bits per heavy atom. The number of nitrogens with one attached hydrogen (secondary N) is 2. The van der Waals surface area contributed by atoms with Gasteiger partial charge in [0.15, 0.2) is 0 Å². The molecule has 8 nitrogen and oxygen atoms in total. The van der Waals surface area contributed by atoms with Gasteiger partial charge in [-0.25, -0.2) is 8.42 Å². The van der Waals surface area contributed by atoms with Gasteiger partial charge in [-0.3, -0.25) is 9.59 Å². The molecule has 0 saturated carbocycles. The maximum Gasteiger partial charge on any atom is 0.243 e. The lowest BCUT2D eigenvalue weighted by atomic mass is 10.2. The molecule has 0 aromatic heterocycles. The topological polar surface area (TPSA) is 105 Å². The Bertz CT molecular complexity index is 972. The van der Waals surface area contributed by atoms with E-state index in [-0.39, 0.29) is 17.3 Å². The van der Waals surface area contributed by atoms with Gasteiger partial charge in [0.2, 0.25) is 21.8 Å². The second kappa shape index (κ2) is 8.85. The number of carbonyl (C=O) groups excluding carboxylic acids is 2. The second-order valence-electron chi connectivity index (χ2n) is 6.20. The molecule has 0 radical (unpaired) electrons. The first-order valence-electron chi connectivity index (χ1n) is 8.42. The summed E-state index contributed by atoms with van der Waals surface area (Å²) in [5, 5.41) is 5.25. The number of carbonyl (C=O) groups is 2. The van der Waals surface area contributed by atoms with Crippen molar-refractivity contribution in [3.63, 3.8) is 0 Å². The molecule has 0 spiro atoms. The summed E-state index contributed by atoms with van der Waals surface area (Å²) >= 11 is 0. The van der Waals surface area contributed by atoms with Gasteiger partial charge >= 0.3 is 0 Å². The van der Waals surface area contributed by atoms with Crippen molar-refractivity contribution in [3.8, 4) is 5.75 Å². The number of aryl methyl sites for hydroxylation is 1. The zero-order valence-electron chi connectivity index (χ0n) is 16.1. The number of sulfonamides is 1. The van der Waals surface area contributed by atoms with Gasteiger partial charge in [0.25, 0.3) is 0 Å². The summed E-state index contributed by atoms with van der Waals surface area (Å²) in [5.74, 6) is -0.0944. The van der Waals surface area contributed by atoms with Crippen molar-refractivity contribution in [2.24, 2.45) is 0 Å². The number of benzene rings is 2. The van der Waals surface area contributed by atoms with Gasteiger partial charge in [0.1, 0.15) is 5.75 Å². The van der Waals surface area contributed by atoms with Gasteiger partial charge in [-0.1, -0.05) is 0 Å². The monoisotopic (exact) mass is 405 g/mol. The number of rotatable bonds is 7. The van der Waals surface area contributed by atoms with Crippen LogP contribution < -0.4 is 15.4 Å². The number of nitrogens with zero attached hydrogens (tertiary/aromatic N) is 1. The molecule has 0 atom stereocenters. The molecular weight excluding hydrogens is 382 g/mol. The zero-order valence-corrected chi connectivity index (χ0v) is 17.0. The van der Waals surface area contributed by atoms with Crippen molar-refractivity contribution in [2.75, 3.05) is 31.3 Å². The highest BCUT2D eigenvalue weighted by Crippen LogP contribution is 2.23. The lowest BCUT2D eigenvalue weighted by Gasteiger charge is -2.18. The third-order valence-electron chi connectivity index (χ3n) is 3.93. The number of hydrogen-bond acceptors (Lipinski definition) is 5. The molecule has 0 fully saturated rings. The summed E-state index contributed by atoms with van der Waals surface area (Å²) in [6.45, 7) is 2.80. The second-order valence-corrected chi connectivity index (χ2v) is 8.24. The van der Waals surface area contributed by atoms with Gasteiger partial charge in [0.05, 0.1) is 18.6 Å². The summed E-state index contributed by atoms with van der Waals surface area (Å²) in [7, 11) is -0.973. The van der Waals surface area contributed by atoms with Crippen molar-refractivity contribution in [1.82, 2.24) is 4.31 Å². The Kier molecular flexibility index (Phi) is 6.76. The van der Waals surface area contributed by atoms with E-state index in [0.29, 0.717) is 22.7 Å². The van der Waals surface area contributed by atoms with Gasteiger partial charge < -0.3 is 15.4 Å². The maximum absolute atomic E-state index is 12.7. The van der Waals surface area contributed by atoms with Crippen LogP contribution >= 0.6 is 0 Å². The smallest absolute Gasteiger partial charge is 0.243 e. The fourth-order valence-corrected chi connectivity index (χ4v) is 3.73. The van der Waals surface area contributed by atoms with E-state index in [1.807, 2.05) is 0 Å². The van der Waals surface area contributed by atoms with E-state index >= 15 is 0 Å². The molecule has 0 aliphatic carbocycles. The number of anilines is 2. The molecule has 2 aromatic carbocycles. The van der Waals surface area contributed by atoms with Crippen LogP contribution in [0.15, 0.2) is 47.4 Å². The number of ether oxygens (including phenoxy) is 1. The normalized spacial score (nSPS) is 11.2. The van der Waals surface area contributed by atoms with Gasteiger partial charge in [0, 0.05) is 25.3 Å². The first-order valence-corrected chi connectivity index (χ1v) is 9.86. The Hall–Kier alpha value is -2.91. The molecule has 0 unspecified atom stereocenters. The van der Waals surface area contributed by atoms with Crippen molar-refractivity contribution < 1.29 is 22.7 Å². The molecular formula is C19H23N3O5S. The standard InChI is InChI=1S/C19H23N3O5S/c1-13-11-17(9-10-18(13)27-4)28(25,26)22(3)12-19(24)21-16-7-5-15(6-8-16)20-14(2)23/h5-11H,12H2,1-4H3,(H,20,23)(H,21,24). The molecule has 0 aliphatic rings. The van der Waals surface area contributed by atoms with Gasteiger partial charge in [-0.2, -0.15) is 4.31 Å². The number of methoxy groups -OCH3 is 1. The maximum atomic E-state index is 12.7. The Morgan fingerprint density at radius 1 is 1.04 bits per heavy atom. The highest BCUT2D eigenvalue weighted by molar-refractivity contribution is 7.89. The minimum Gasteiger partial charge on any atom is -0.496 e. The van der Waals surface area contributed by atoms with Crippen molar-refractivity contribution in [3.05, 3.63) is 48.0 Å². The molecule has 28 heavy (non-hydrogen) atoms. The fourth-order valence-electron chi connectivity index (χ4n) is 2.52. The highest BCUT2D eigenvalue weighted by Gasteiger charge is 2.23. The van der Waals surface area contributed by atoms with E-state index in [1.165, 1.54) is 33.2 Å². The quantitative estimate of drug-likeness (QED) is 0.735. The molecule has 2 N–H and O–H groups in total. The molecule has 2 aromatic rings. The molecule has 0 saturated heterocycles. The van der Waals surface area contributed by atoms with E-state index in [4.69, 9.17) is 4.74 Å². The molecule has 2 amide bonds. The molecule has 0 bridgehead atoms. The summed E-state index contributed by atoms with van der Waals surface area (Å²) in [6.07, 6.45) is 0. The van der Waals surface area contributed by atoms with E-state index in [2.05, 4.69) is 10.6 Å². The van der Waals surface area contributed by atoms with E-state index in [1.54, 1.807) is 37.3 Å². The van der Waals surface area contributed by atoms with Crippen LogP contribution in [-0.2, 0) is 19.6 Å². The van der Waals surface area contributed by atoms with E-state index in [9.17, 15) is 18.0 Å². The van der Waals surface area contributed by atoms with Crippen LogP contribution in [0.3, 0.4) is 0 Å². The summed E-state index contributed by atoms with van der Waals surface area (Å²) in [5.41, 5.74) is 1.77. The largest absolute Gasteiger partial charge is 0.496 e. The minimum absolute atomic E-state index is 0.0840. The van der Waals surface area contributed by atoms with E-state index in [0.717, 1.165) is 4.31 Å². The van der Waals surface area contributed by atoms with Crippen molar-refractivity contribution >= 4 is 33.2 Å². The SMILES string of the molecule is COc1ccc(S(=O)(=O)N(C)CC(=O)Nc2ccc(NC(C)=O)cc2)cc1C. The minimum atomic E-state index is -3.82. The number of likely N-dealkylation sites (N-methyl/N-ethyl adjacent to an activating group) is 1. The highest BCUT2D eigenvalue weighted by atomic mass is 32.2. The van der Waals surface area contributed by atoms with Crippen molar-refractivity contribution in [2.45, 2.75) is 18.7 Å². The Morgan fingerprint density at radius 3 is 2.11 bits per heavy atom. The fraction of sp³-hybridized carbons (Fsp3) is 0.263. The first kappa shape index (κ1) is 21.4. The lowest BCUT2D eigenvalue weighted by Crippen LogP contribution is -2.35. The predicted molar refractivity (Wildman–Crippen MR) is 107 cm³/mol. The van der Waals surface area contributed by atoms with Crippen LogP contribution in [0.25, 0.3) is 0 Å². The molecule has 150 valence electrons. The van der Waals surface area contributed by atoms with Gasteiger partial charge in [-0.05, 0) is 55.0 Å². The Labute approximate surface area is 164 Å². The van der Waals surface area contributed by atoms with Gasteiger partial charge in [-0.15, -0.1) is 0 Å². The zero-order chi connectivity index (χ0) is 20.9. The lowest BCUT2D eigenvalue weighted by molar-refractivity contribution is -0.116. The van der Waals surface area contributed by atoms with Crippen LogP contribution in [0, 0.1) is 6.92 Å². The first-order chi connectivity index (χ1) is 13.1. The number of amides is 2. The third kappa shape index (κ3) is 5.30. The van der Waals surface area contributed by atoms with E-state index < -0.39 is 15.9 Å². The molecule has 0 heterocycles. The van der Waals surface area contributed by atoms with Crippen molar-refractivity contribution in [1.29, 1.82) is 0 Å².